The number of phenolic OH excluding ortho intramolecular Hbond substituents is 1. The second kappa shape index (κ2) is 10.1. The Morgan fingerprint density at radius 1 is 1.16 bits per heavy atom. The number of rotatable bonds is 5. The monoisotopic (exact) mass is 459 g/mol. The molecule has 2 aromatic carbocycles. The highest BCUT2D eigenvalue weighted by Crippen LogP contribution is 2.19. The maximum Gasteiger partial charge on any atom is 0.191 e. The molecule has 0 aliphatic carbocycles. The fourth-order valence-electron chi connectivity index (χ4n) is 2.24. The van der Waals surface area contributed by atoms with Crippen LogP contribution in [0.1, 0.15) is 16.7 Å². The van der Waals surface area contributed by atoms with Crippen LogP contribution in [0.2, 0.25) is 0 Å². The first-order chi connectivity index (χ1) is 11.5. The summed E-state index contributed by atoms with van der Waals surface area (Å²) in [5, 5.41) is 15.5. The van der Waals surface area contributed by atoms with Gasteiger partial charge in [0.2, 0.25) is 0 Å². The fourth-order valence-corrected chi connectivity index (χ4v) is 2.24. The average Bonchev–Trinajstić information content (AvgIpc) is 2.58. The molecule has 25 heavy (non-hydrogen) atoms. The van der Waals surface area contributed by atoms with Crippen LogP contribution in [0.4, 0.5) is 4.39 Å². The molecule has 0 bridgehead atoms. The maximum atomic E-state index is 13.3. The number of halogens is 2. The number of aryl methyl sites for hydroxylation is 1. The topological polar surface area (TPSA) is 65.9 Å². The number of nitrogens with one attached hydrogen (secondary N) is 2. The zero-order valence-corrected chi connectivity index (χ0v) is 16.8. The lowest BCUT2D eigenvalue weighted by Gasteiger charge is -2.14. The van der Waals surface area contributed by atoms with Crippen molar-refractivity contribution in [2.45, 2.75) is 20.0 Å². The van der Waals surface area contributed by atoms with Gasteiger partial charge in [0.1, 0.15) is 5.75 Å². The number of hydrogen-bond donors (Lipinski definition) is 3. The Morgan fingerprint density at radius 3 is 2.52 bits per heavy atom. The van der Waals surface area contributed by atoms with Crippen molar-refractivity contribution in [1.29, 1.82) is 0 Å². The van der Waals surface area contributed by atoms with Gasteiger partial charge in [-0.05, 0) is 36.2 Å². The van der Waals surface area contributed by atoms with Crippen molar-refractivity contribution in [3.05, 3.63) is 58.9 Å². The first-order valence-electron chi connectivity index (χ1n) is 7.59. The number of aliphatic imine (C=N–C) groups is 1. The zero-order valence-electron chi connectivity index (χ0n) is 14.5. The van der Waals surface area contributed by atoms with Gasteiger partial charge in [-0.25, -0.2) is 4.39 Å². The highest BCUT2D eigenvalue weighted by Gasteiger charge is 2.06. The number of aromatic hydroxyl groups is 1. The second-order valence-electron chi connectivity index (χ2n) is 5.38. The maximum absolute atomic E-state index is 13.3. The van der Waals surface area contributed by atoms with Crippen molar-refractivity contribution >= 4 is 29.9 Å². The van der Waals surface area contributed by atoms with Crippen molar-refractivity contribution in [2.75, 3.05) is 14.2 Å². The Balaban J connectivity index is 0.00000312. The van der Waals surface area contributed by atoms with Gasteiger partial charge in [-0.15, -0.1) is 24.0 Å². The van der Waals surface area contributed by atoms with Crippen LogP contribution in [0.15, 0.2) is 41.4 Å². The van der Waals surface area contributed by atoms with Crippen LogP contribution in [-0.2, 0) is 13.1 Å². The molecule has 0 saturated heterocycles. The molecule has 0 unspecified atom stereocenters. The minimum atomic E-state index is -0.637. The van der Waals surface area contributed by atoms with Gasteiger partial charge in [0, 0.05) is 25.7 Å². The van der Waals surface area contributed by atoms with Crippen LogP contribution >= 0.6 is 24.0 Å². The molecule has 7 heteroatoms. The third kappa shape index (κ3) is 6.08. The molecule has 0 aliphatic heterocycles. The molecule has 5 nitrogen and oxygen atoms in total. The SMILES string of the molecule is CN=C(NCc1ccc(O)c(F)c1)NCc1ccc(C)cc1OC.I. The molecule has 0 aliphatic rings. The van der Waals surface area contributed by atoms with Gasteiger partial charge in [-0.2, -0.15) is 0 Å². The summed E-state index contributed by atoms with van der Waals surface area (Å²) in [7, 11) is 3.31. The van der Waals surface area contributed by atoms with E-state index in [0.29, 0.717) is 24.6 Å². The molecule has 3 N–H and O–H groups in total. The summed E-state index contributed by atoms with van der Waals surface area (Å²) in [5.74, 6) is 0.416. The molecule has 2 rings (SSSR count). The number of phenols is 1. The number of hydrogen-bond acceptors (Lipinski definition) is 3. The summed E-state index contributed by atoms with van der Waals surface area (Å²) >= 11 is 0. The first kappa shape index (κ1) is 21.0. The lowest BCUT2D eigenvalue weighted by atomic mass is 10.1. The molecule has 0 atom stereocenters. The highest BCUT2D eigenvalue weighted by atomic mass is 127. The number of benzene rings is 2. The summed E-state index contributed by atoms with van der Waals surface area (Å²) in [6.07, 6.45) is 0. The third-order valence-corrected chi connectivity index (χ3v) is 3.58. The Kier molecular flexibility index (Phi) is 8.47. The van der Waals surface area contributed by atoms with E-state index in [-0.39, 0.29) is 29.7 Å². The van der Waals surface area contributed by atoms with Gasteiger partial charge in [-0.3, -0.25) is 4.99 Å². The molecule has 0 heterocycles. The van der Waals surface area contributed by atoms with Gasteiger partial charge < -0.3 is 20.5 Å². The average molecular weight is 459 g/mol. The molecule has 0 spiro atoms. The summed E-state index contributed by atoms with van der Waals surface area (Å²) in [4.78, 5) is 4.14. The smallest absolute Gasteiger partial charge is 0.191 e. The number of ether oxygens (including phenoxy) is 1. The largest absolute Gasteiger partial charge is 0.505 e. The summed E-state index contributed by atoms with van der Waals surface area (Å²) in [6.45, 7) is 2.95. The second-order valence-corrected chi connectivity index (χ2v) is 5.38. The summed E-state index contributed by atoms with van der Waals surface area (Å²) in [5.41, 5.74) is 2.86. The Morgan fingerprint density at radius 2 is 1.88 bits per heavy atom. The van der Waals surface area contributed by atoms with Gasteiger partial charge in [0.15, 0.2) is 17.5 Å². The predicted molar refractivity (Wildman–Crippen MR) is 108 cm³/mol. The van der Waals surface area contributed by atoms with E-state index >= 15 is 0 Å². The lowest BCUT2D eigenvalue weighted by Crippen LogP contribution is -2.36. The van der Waals surface area contributed by atoms with E-state index in [0.717, 1.165) is 16.9 Å². The van der Waals surface area contributed by atoms with Crippen LogP contribution < -0.4 is 15.4 Å². The highest BCUT2D eigenvalue weighted by molar-refractivity contribution is 14.0. The van der Waals surface area contributed by atoms with E-state index in [1.54, 1.807) is 20.2 Å². The molecule has 136 valence electrons. The Labute approximate surface area is 164 Å². The lowest BCUT2D eigenvalue weighted by molar-refractivity contribution is 0.408. The Bertz CT molecular complexity index is 738. The molecular formula is C18H23FIN3O2. The van der Waals surface area contributed by atoms with E-state index in [4.69, 9.17) is 4.74 Å². The molecule has 0 radical (unpaired) electrons. The van der Waals surface area contributed by atoms with Crippen LogP contribution in [0.5, 0.6) is 11.5 Å². The summed E-state index contributed by atoms with van der Waals surface area (Å²) in [6, 6.07) is 10.3. The number of nitrogens with zero attached hydrogens (tertiary/aromatic N) is 1. The van der Waals surface area contributed by atoms with Crippen molar-refractivity contribution in [3.8, 4) is 11.5 Å². The van der Waals surface area contributed by atoms with Crippen LogP contribution in [0.3, 0.4) is 0 Å². The van der Waals surface area contributed by atoms with Gasteiger partial charge in [-0.1, -0.05) is 18.2 Å². The quantitative estimate of drug-likeness (QED) is 0.365. The van der Waals surface area contributed by atoms with E-state index in [2.05, 4.69) is 15.6 Å². The van der Waals surface area contributed by atoms with E-state index in [1.807, 2.05) is 25.1 Å². The first-order valence-corrected chi connectivity index (χ1v) is 7.59. The minimum absolute atomic E-state index is 0. The molecule has 0 amide bonds. The number of guanidine groups is 1. The van der Waals surface area contributed by atoms with Crippen molar-refractivity contribution in [1.82, 2.24) is 10.6 Å². The fraction of sp³-hybridized carbons (Fsp3) is 0.278. The molecule has 2 aromatic rings. The zero-order chi connectivity index (χ0) is 17.5. The van der Waals surface area contributed by atoms with Crippen LogP contribution in [-0.4, -0.2) is 25.2 Å². The van der Waals surface area contributed by atoms with E-state index in [1.165, 1.54) is 12.1 Å². The van der Waals surface area contributed by atoms with E-state index < -0.39 is 5.82 Å². The molecular weight excluding hydrogens is 436 g/mol. The molecule has 0 fully saturated rings. The van der Waals surface area contributed by atoms with E-state index in [9.17, 15) is 9.50 Å². The van der Waals surface area contributed by atoms with Crippen molar-refractivity contribution in [2.24, 2.45) is 4.99 Å². The molecule has 0 saturated carbocycles. The van der Waals surface area contributed by atoms with Crippen LogP contribution in [0.25, 0.3) is 0 Å². The summed E-state index contributed by atoms with van der Waals surface area (Å²) < 4.78 is 18.7. The standard InChI is InChI=1S/C18H22FN3O2.HI/c1-12-4-6-14(17(8-12)24-3)11-22-18(20-2)21-10-13-5-7-16(23)15(19)9-13;/h4-9,23H,10-11H2,1-3H3,(H2,20,21,22);1H. The number of methoxy groups -OCH3 is 1. The van der Waals surface area contributed by atoms with Gasteiger partial charge in [0.05, 0.1) is 7.11 Å². The minimum Gasteiger partial charge on any atom is -0.505 e. The van der Waals surface area contributed by atoms with Crippen molar-refractivity contribution < 1.29 is 14.2 Å². The molecule has 0 aromatic heterocycles. The third-order valence-electron chi connectivity index (χ3n) is 3.58. The van der Waals surface area contributed by atoms with Gasteiger partial charge in [0.25, 0.3) is 0 Å². The van der Waals surface area contributed by atoms with Crippen LogP contribution in [0, 0.1) is 12.7 Å². The Hall–Kier alpha value is -2.03. The predicted octanol–water partition coefficient (Wildman–Crippen LogP) is 3.33. The normalized spacial score (nSPS) is 10.8. The van der Waals surface area contributed by atoms with Crippen molar-refractivity contribution in [3.63, 3.8) is 0 Å². The van der Waals surface area contributed by atoms with Gasteiger partial charge >= 0.3 is 0 Å².